The number of aromatic nitrogens is 1. The van der Waals surface area contributed by atoms with Gasteiger partial charge in [-0.25, -0.2) is 9.37 Å². The molecule has 1 aromatic heterocycles. The van der Waals surface area contributed by atoms with Crippen LogP contribution in [0.1, 0.15) is 52.9 Å². The molecule has 0 aliphatic carbocycles. The van der Waals surface area contributed by atoms with Gasteiger partial charge >= 0.3 is 0 Å². The van der Waals surface area contributed by atoms with E-state index in [1.165, 1.54) is 12.1 Å². The molecule has 1 aliphatic rings. The van der Waals surface area contributed by atoms with Crippen molar-refractivity contribution in [2.75, 3.05) is 13.1 Å². The number of nitrogens with one attached hydrogen (secondary N) is 1. The molecule has 0 bridgehead atoms. The summed E-state index contributed by atoms with van der Waals surface area (Å²) in [4.78, 5) is 31.2. The normalized spacial score (nSPS) is 16.2. The smallest absolute Gasteiger partial charge is 0.251 e. The molecular weight excluding hydrogens is 397 g/mol. The highest BCUT2D eigenvalue weighted by Gasteiger charge is 2.31. The summed E-state index contributed by atoms with van der Waals surface area (Å²) in [6.45, 7) is 0.507. The predicted molar refractivity (Wildman–Crippen MR) is 113 cm³/mol. The first-order valence-corrected chi connectivity index (χ1v) is 10.4. The maximum Gasteiger partial charge on any atom is 0.251 e. The monoisotopic (exact) mass is 421 g/mol. The lowest BCUT2D eigenvalue weighted by atomic mass is 10.0. The summed E-state index contributed by atoms with van der Waals surface area (Å²) < 4.78 is 19.4. The van der Waals surface area contributed by atoms with Gasteiger partial charge in [0.05, 0.1) is 12.7 Å². The predicted octanol–water partition coefficient (Wildman–Crippen LogP) is 3.89. The average Bonchev–Trinajstić information content (AvgIpc) is 3.26. The van der Waals surface area contributed by atoms with Crippen LogP contribution in [0.5, 0.6) is 0 Å². The first kappa shape index (κ1) is 20.8. The van der Waals surface area contributed by atoms with Crippen molar-refractivity contribution in [1.82, 2.24) is 15.2 Å². The van der Waals surface area contributed by atoms with E-state index in [2.05, 4.69) is 10.3 Å². The molecule has 31 heavy (non-hydrogen) atoms. The van der Waals surface area contributed by atoms with Crippen LogP contribution in [0.25, 0.3) is 0 Å². The Bertz CT molecular complexity index is 1050. The lowest BCUT2D eigenvalue weighted by Gasteiger charge is -2.33. The van der Waals surface area contributed by atoms with Gasteiger partial charge in [-0.3, -0.25) is 9.59 Å². The minimum Gasteiger partial charge on any atom is -0.443 e. The van der Waals surface area contributed by atoms with Crippen LogP contribution >= 0.6 is 0 Å². The largest absolute Gasteiger partial charge is 0.443 e. The highest BCUT2D eigenvalue weighted by molar-refractivity contribution is 5.96. The molecule has 0 unspecified atom stereocenters. The number of piperidine rings is 1. The first-order valence-electron chi connectivity index (χ1n) is 10.4. The third-order valence-electron chi connectivity index (χ3n) is 5.38. The van der Waals surface area contributed by atoms with Gasteiger partial charge in [-0.1, -0.05) is 30.3 Å². The highest BCUT2D eigenvalue weighted by Crippen LogP contribution is 2.31. The summed E-state index contributed by atoms with van der Waals surface area (Å²) in [5, 5.41) is 2.69. The molecule has 3 aromatic rings. The van der Waals surface area contributed by atoms with Crippen molar-refractivity contribution < 1.29 is 18.4 Å². The van der Waals surface area contributed by atoms with E-state index < -0.39 is 0 Å². The van der Waals surface area contributed by atoms with Crippen LogP contribution in [-0.2, 0) is 11.2 Å². The minimum atomic E-state index is -0.293. The average molecular weight is 421 g/mol. The second-order valence-corrected chi connectivity index (χ2v) is 7.62. The Labute approximate surface area is 180 Å². The van der Waals surface area contributed by atoms with Crippen LogP contribution in [-0.4, -0.2) is 34.8 Å². The van der Waals surface area contributed by atoms with Crippen molar-refractivity contribution in [3.63, 3.8) is 0 Å². The molecular formula is C24H24FN3O3. The number of oxazole rings is 1. The Kier molecular flexibility index (Phi) is 6.40. The molecule has 0 radical (unpaired) electrons. The fraction of sp³-hybridized carbons (Fsp3) is 0.292. The van der Waals surface area contributed by atoms with E-state index in [0.29, 0.717) is 30.2 Å². The summed E-state index contributed by atoms with van der Waals surface area (Å²) in [5.41, 5.74) is 1.31. The van der Waals surface area contributed by atoms with Crippen LogP contribution in [0.4, 0.5) is 4.39 Å². The number of carbonyl (C=O) groups excluding carboxylic acids is 2. The molecule has 2 aromatic carbocycles. The zero-order valence-corrected chi connectivity index (χ0v) is 17.1. The van der Waals surface area contributed by atoms with Gasteiger partial charge in [-0.2, -0.15) is 0 Å². The third kappa shape index (κ3) is 5.17. The molecule has 7 heteroatoms. The van der Waals surface area contributed by atoms with E-state index in [4.69, 9.17) is 4.42 Å². The SMILES string of the molecule is O=C(NCC(=O)N1CCCC[C@@H]1c1ncc(Cc2cccc(F)c2)o1)c1ccccc1. The summed E-state index contributed by atoms with van der Waals surface area (Å²) in [5.74, 6) is 0.360. The summed E-state index contributed by atoms with van der Waals surface area (Å²) in [6, 6.07) is 14.9. The number of carbonyl (C=O) groups is 2. The van der Waals surface area contributed by atoms with Crippen LogP contribution in [0.15, 0.2) is 65.2 Å². The van der Waals surface area contributed by atoms with Crippen molar-refractivity contribution in [3.8, 4) is 0 Å². The van der Waals surface area contributed by atoms with Crippen LogP contribution < -0.4 is 5.32 Å². The number of hydrogen-bond acceptors (Lipinski definition) is 4. The quantitative estimate of drug-likeness (QED) is 0.655. The second-order valence-electron chi connectivity index (χ2n) is 7.62. The molecule has 1 fully saturated rings. The maximum absolute atomic E-state index is 13.4. The van der Waals surface area contributed by atoms with Crippen molar-refractivity contribution in [2.24, 2.45) is 0 Å². The summed E-state index contributed by atoms with van der Waals surface area (Å²) >= 11 is 0. The molecule has 4 rings (SSSR count). The van der Waals surface area contributed by atoms with E-state index in [1.807, 2.05) is 12.1 Å². The number of hydrogen-bond donors (Lipinski definition) is 1. The Balaban J connectivity index is 1.41. The number of halogens is 1. The van der Waals surface area contributed by atoms with Gasteiger partial charge in [-0.15, -0.1) is 0 Å². The van der Waals surface area contributed by atoms with Gasteiger partial charge in [0.1, 0.15) is 17.6 Å². The summed E-state index contributed by atoms with van der Waals surface area (Å²) in [7, 11) is 0. The standard InChI is InChI=1S/C24H24FN3O3/c25-19-10-6-7-17(13-19)14-20-15-27-24(31-20)21-11-4-5-12-28(21)22(29)16-26-23(30)18-8-2-1-3-9-18/h1-3,6-10,13,15,21H,4-5,11-12,14,16H2,(H,26,30)/t21-/m1/s1. The number of benzene rings is 2. The third-order valence-corrected chi connectivity index (χ3v) is 5.38. The molecule has 1 N–H and O–H groups in total. The maximum atomic E-state index is 13.4. The Morgan fingerprint density at radius 2 is 1.97 bits per heavy atom. The lowest BCUT2D eigenvalue weighted by Crippen LogP contribution is -2.44. The zero-order chi connectivity index (χ0) is 21.6. The van der Waals surface area contributed by atoms with Gasteiger partial charge in [-0.05, 0) is 49.1 Å². The van der Waals surface area contributed by atoms with Gasteiger partial charge in [0, 0.05) is 18.5 Å². The second kappa shape index (κ2) is 9.55. The van der Waals surface area contributed by atoms with Crippen molar-refractivity contribution >= 4 is 11.8 Å². The Hall–Kier alpha value is -3.48. The number of rotatable bonds is 6. The number of likely N-dealkylation sites (tertiary alicyclic amines) is 1. The summed E-state index contributed by atoms with van der Waals surface area (Å²) in [6.07, 6.45) is 4.67. The van der Waals surface area contributed by atoms with Crippen molar-refractivity contribution in [2.45, 2.75) is 31.7 Å². The van der Waals surface area contributed by atoms with Crippen molar-refractivity contribution in [1.29, 1.82) is 0 Å². The van der Waals surface area contributed by atoms with Gasteiger partial charge in [0.15, 0.2) is 0 Å². The minimum absolute atomic E-state index is 0.0823. The number of nitrogens with zero attached hydrogens (tertiary/aromatic N) is 2. The topological polar surface area (TPSA) is 75.4 Å². The molecule has 160 valence electrons. The van der Waals surface area contributed by atoms with Crippen molar-refractivity contribution in [3.05, 3.63) is 89.4 Å². The molecule has 1 atom stereocenters. The van der Waals surface area contributed by atoms with E-state index in [9.17, 15) is 14.0 Å². The van der Waals surface area contributed by atoms with Gasteiger partial charge < -0.3 is 14.6 Å². The zero-order valence-electron chi connectivity index (χ0n) is 17.1. The molecule has 1 saturated heterocycles. The molecule has 2 heterocycles. The lowest BCUT2D eigenvalue weighted by molar-refractivity contribution is -0.134. The molecule has 6 nitrogen and oxygen atoms in total. The van der Waals surface area contributed by atoms with E-state index in [0.717, 1.165) is 24.8 Å². The highest BCUT2D eigenvalue weighted by atomic mass is 19.1. The molecule has 1 aliphatic heterocycles. The van der Waals surface area contributed by atoms with Gasteiger partial charge in [0.25, 0.3) is 5.91 Å². The molecule has 2 amide bonds. The molecule has 0 saturated carbocycles. The Morgan fingerprint density at radius 1 is 1.13 bits per heavy atom. The Morgan fingerprint density at radius 3 is 2.77 bits per heavy atom. The van der Waals surface area contributed by atoms with E-state index in [1.54, 1.807) is 41.4 Å². The molecule has 0 spiro atoms. The number of amides is 2. The fourth-order valence-electron chi connectivity index (χ4n) is 3.84. The first-order chi connectivity index (χ1) is 15.1. The van der Waals surface area contributed by atoms with Crippen LogP contribution in [0.2, 0.25) is 0 Å². The van der Waals surface area contributed by atoms with E-state index in [-0.39, 0.29) is 30.2 Å². The van der Waals surface area contributed by atoms with E-state index >= 15 is 0 Å². The fourth-order valence-corrected chi connectivity index (χ4v) is 3.84. The van der Waals surface area contributed by atoms with Crippen LogP contribution in [0, 0.1) is 5.82 Å². The van der Waals surface area contributed by atoms with Crippen LogP contribution in [0.3, 0.4) is 0 Å². The van der Waals surface area contributed by atoms with Gasteiger partial charge in [0.2, 0.25) is 11.8 Å².